The maximum absolute atomic E-state index is 13.6. The Morgan fingerprint density at radius 2 is 1.60 bits per heavy atom. The van der Waals surface area contributed by atoms with Gasteiger partial charge in [0.1, 0.15) is 12.2 Å². The molecule has 42 heavy (non-hydrogen) atoms. The van der Waals surface area contributed by atoms with Gasteiger partial charge < -0.3 is 24.0 Å². The number of methoxy groups -OCH3 is 1. The smallest absolute Gasteiger partial charge is 0.410 e. The Bertz CT molecular complexity index is 1180. The van der Waals surface area contributed by atoms with Crippen LogP contribution in [0.15, 0.2) is 60.7 Å². The van der Waals surface area contributed by atoms with Crippen LogP contribution in [0.4, 0.5) is 4.79 Å². The summed E-state index contributed by atoms with van der Waals surface area (Å²) in [5.41, 5.74) is 1.16. The molecule has 0 spiro atoms. The van der Waals surface area contributed by atoms with Crippen molar-refractivity contribution in [1.29, 1.82) is 0 Å². The van der Waals surface area contributed by atoms with Crippen LogP contribution >= 0.6 is 0 Å². The Labute approximate surface area is 251 Å². The number of ether oxygens (including phenoxy) is 3. The molecular weight excluding hydrogens is 528 g/mol. The van der Waals surface area contributed by atoms with E-state index in [9.17, 15) is 9.59 Å². The minimum Gasteiger partial charge on any atom is -0.460 e. The molecule has 2 aromatic rings. The van der Waals surface area contributed by atoms with Gasteiger partial charge in [0.2, 0.25) is 0 Å². The second-order valence-electron chi connectivity index (χ2n) is 13.8. The second-order valence-corrected chi connectivity index (χ2v) is 13.8. The van der Waals surface area contributed by atoms with Gasteiger partial charge in [-0.05, 0) is 77.1 Å². The van der Waals surface area contributed by atoms with E-state index in [2.05, 4.69) is 29.2 Å². The summed E-state index contributed by atoms with van der Waals surface area (Å²) >= 11 is 0. The first-order valence-electron chi connectivity index (χ1n) is 15.6. The maximum atomic E-state index is 13.6. The summed E-state index contributed by atoms with van der Waals surface area (Å²) in [5.74, 6) is 0.266. The van der Waals surface area contributed by atoms with E-state index in [-0.39, 0.29) is 23.5 Å². The summed E-state index contributed by atoms with van der Waals surface area (Å²) in [7, 11) is 1.75. The number of likely N-dealkylation sites (tertiary alicyclic amines) is 1. The van der Waals surface area contributed by atoms with Crippen molar-refractivity contribution in [3.05, 3.63) is 71.8 Å². The van der Waals surface area contributed by atoms with Gasteiger partial charge in [-0.3, -0.25) is 4.79 Å². The number of carbonyl (C=O) groups is 2. The number of piperidine rings is 1. The third kappa shape index (κ3) is 7.35. The lowest BCUT2D eigenvalue weighted by Crippen LogP contribution is -2.54. The van der Waals surface area contributed by atoms with Gasteiger partial charge in [-0.15, -0.1) is 0 Å². The Hall–Kier alpha value is -2.90. The second kappa shape index (κ2) is 12.8. The van der Waals surface area contributed by atoms with Gasteiger partial charge in [-0.2, -0.15) is 0 Å². The number of hydrogen-bond donors (Lipinski definition) is 0. The van der Waals surface area contributed by atoms with Crippen LogP contribution in [0.1, 0.15) is 76.3 Å². The van der Waals surface area contributed by atoms with E-state index in [0.29, 0.717) is 25.7 Å². The lowest BCUT2D eigenvalue weighted by molar-refractivity contribution is -0.165. The summed E-state index contributed by atoms with van der Waals surface area (Å²) in [5, 5.41) is 0. The first-order valence-corrected chi connectivity index (χ1v) is 15.6. The number of rotatable bonds is 11. The summed E-state index contributed by atoms with van der Waals surface area (Å²) in [4.78, 5) is 31.3. The molecular formula is C35H48N2O5. The standard InChI is InChI=1S/C35H48N2O5/c1-33(2,3)42-32(39)37(30-22-29(30)28-14-9-6-10-15-28)24-34(26-40-4)18-20-36(21-19-34)25-35(16-11-17-35)31(38)41-23-27-12-7-5-8-13-27/h5-10,12-15,29-30H,11,16-26H2,1-4H3/t29-,30?/m0/s1. The van der Waals surface area contributed by atoms with Gasteiger partial charge in [0.05, 0.1) is 12.0 Å². The van der Waals surface area contributed by atoms with Gasteiger partial charge in [-0.1, -0.05) is 67.1 Å². The molecule has 0 bridgehead atoms. The molecule has 0 N–H and O–H groups in total. The van der Waals surface area contributed by atoms with Crippen LogP contribution < -0.4 is 0 Å². The molecule has 0 aromatic heterocycles. The van der Waals surface area contributed by atoms with Crippen LogP contribution in [0.25, 0.3) is 0 Å². The summed E-state index contributed by atoms with van der Waals surface area (Å²) in [6.45, 7) is 9.77. The van der Waals surface area contributed by atoms with E-state index < -0.39 is 11.0 Å². The topological polar surface area (TPSA) is 68.3 Å². The first-order chi connectivity index (χ1) is 20.1. The number of carbonyl (C=O) groups excluding carboxylic acids is 2. The molecule has 1 saturated heterocycles. The van der Waals surface area contributed by atoms with Crippen molar-refractivity contribution in [2.24, 2.45) is 10.8 Å². The molecule has 0 radical (unpaired) electrons. The van der Waals surface area contributed by atoms with E-state index in [4.69, 9.17) is 14.2 Å². The fourth-order valence-corrected chi connectivity index (χ4v) is 6.76. The molecule has 5 rings (SSSR count). The van der Waals surface area contributed by atoms with Crippen molar-refractivity contribution >= 4 is 12.1 Å². The normalized spacial score (nSPS) is 23.0. The quantitative estimate of drug-likeness (QED) is 0.288. The Balaban J connectivity index is 1.23. The molecule has 3 fully saturated rings. The molecule has 2 aromatic carbocycles. The molecule has 3 aliphatic rings. The lowest BCUT2D eigenvalue weighted by atomic mass is 9.67. The largest absolute Gasteiger partial charge is 0.460 e. The number of benzene rings is 2. The maximum Gasteiger partial charge on any atom is 0.410 e. The minimum absolute atomic E-state index is 0.0666. The SMILES string of the molecule is COCC1(CN(C(=O)OC(C)(C)C)C2C[C@H]2c2ccccc2)CCN(CC2(C(=O)OCc3ccccc3)CCC2)CC1. The van der Waals surface area contributed by atoms with E-state index in [1.54, 1.807) is 7.11 Å². The lowest BCUT2D eigenvalue weighted by Gasteiger charge is -2.48. The zero-order chi connectivity index (χ0) is 29.8. The Kier molecular flexibility index (Phi) is 9.28. The molecule has 1 heterocycles. The summed E-state index contributed by atoms with van der Waals surface area (Å²) < 4.78 is 17.5. The molecule has 228 valence electrons. The van der Waals surface area contributed by atoms with E-state index in [1.165, 1.54) is 5.56 Å². The number of amides is 1. The van der Waals surface area contributed by atoms with Crippen molar-refractivity contribution in [3.8, 4) is 0 Å². The monoisotopic (exact) mass is 576 g/mol. The average Bonchev–Trinajstić information content (AvgIpc) is 3.74. The van der Waals surface area contributed by atoms with Crippen molar-refractivity contribution in [1.82, 2.24) is 9.80 Å². The number of hydrogen-bond acceptors (Lipinski definition) is 6. The highest BCUT2D eigenvalue weighted by Gasteiger charge is 2.51. The summed E-state index contributed by atoms with van der Waals surface area (Å²) in [6, 6.07) is 20.5. The Morgan fingerprint density at radius 1 is 0.952 bits per heavy atom. The Morgan fingerprint density at radius 3 is 2.17 bits per heavy atom. The predicted octanol–water partition coefficient (Wildman–Crippen LogP) is 6.42. The third-order valence-electron chi connectivity index (χ3n) is 9.37. The van der Waals surface area contributed by atoms with Gasteiger partial charge in [-0.25, -0.2) is 4.79 Å². The fourth-order valence-electron chi connectivity index (χ4n) is 6.76. The van der Waals surface area contributed by atoms with Crippen LogP contribution in [0.5, 0.6) is 0 Å². The predicted molar refractivity (Wildman–Crippen MR) is 163 cm³/mol. The highest BCUT2D eigenvalue weighted by Crippen LogP contribution is 2.48. The van der Waals surface area contributed by atoms with Gasteiger partial charge in [0.25, 0.3) is 0 Å². The van der Waals surface area contributed by atoms with Crippen LogP contribution in [-0.2, 0) is 25.6 Å². The molecule has 2 atom stereocenters. The number of nitrogens with zero attached hydrogens (tertiary/aromatic N) is 2. The average molecular weight is 577 g/mol. The minimum atomic E-state index is -0.559. The highest BCUT2D eigenvalue weighted by atomic mass is 16.6. The highest BCUT2D eigenvalue weighted by molar-refractivity contribution is 5.78. The van der Waals surface area contributed by atoms with Crippen LogP contribution in [0.2, 0.25) is 0 Å². The van der Waals surface area contributed by atoms with Crippen molar-refractivity contribution in [3.63, 3.8) is 0 Å². The molecule has 7 heteroatoms. The van der Waals surface area contributed by atoms with Gasteiger partial charge in [0, 0.05) is 37.6 Å². The number of esters is 1. The van der Waals surface area contributed by atoms with Crippen molar-refractivity contribution in [2.45, 2.75) is 83.5 Å². The van der Waals surface area contributed by atoms with Gasteiger partial charge in [0.15, 0.2) is 0 Å². The first kappa shape index (κ1) is 30.6. The van der Waals surface area contributed by atoms with Gasteiger partial charge >= 0.3 is 12.1 Å². The van der Waals surface area contributed by atoms with E-state index in [0.717, 1.165) is 63.7 Å². The zero-order valence-electron chi connectivity index (χ0n) is 25.8. The molecule has 2 saturated carbocycles. The summed E-state index contributed by atoms with van der Waals surface area (Å²) in [6.07, 6.45) is 5.35. The third-order valence-corrected chi connectivity index (χ3v) is 9.37. The molecule has 1 aliphatic heterocycles. The molecule has 1 amide bonds. The zero-order valence-corrected chi connectivity index (χ0v) is 25.8. The molecule has 7 nitrogen and oxygen atoms in total. The van der Waals surface area contributed by atoms with Crippen molar-refractivity contribution in [2.75, 3.05) is 39.9 Å². The van der Waals surface area contributed by atoms with E-state index >= 15 is 0 Å². The van der Waals surface area contributed by atoms with Crippen LogP contribution in [0, 0.1) is 10.8 Å². The molecule has 1 unspecified atom stereocenters. The fraction of sp³-hybridized carbons (Fsp3) is 0.600. The van der Waals surface area contributed by atoms with Crippen LogP contribution in [0.3, 0.4) is 0 Å². The van der Waals surface area contributed by atoms with Crippen molar-refractivity contribution < 1.29 is 23.8 Å². The molecule has 2 aliphatic carbocycles. The van der Waals surface area contributed by atoms with E-state index in [1.807, 2.05) is 62.1 Å². The van der Waals surface area contributed by atoms with Crippen LogP contribution in [-0.4, -0.2) is 73.4 Å².